The van der Waals surface area contributed by atoms with Crippen molar-refractivity contribution in [3.8, 4) is 0 Å². The molecule has 1 aromatic heterocycles. The van der Waals surface area contributed by atoms with E-state index in [1.165, 1.54) is 6.07 Å². The highest BCUT2D eigenvalue weighted by atomic mass is 16.5. The fourth-order valence-corrected chi connectivity index (χ4v) is 1.44. The molecule has 0 aliphatic heterocycles. The number of rotatable bonds is 3. The van der Waals surface area contributed by atoms with Crippen LogP contribution in [0.1, 0.15) is 30.3 Å². The van der Waals surface area contributed by atoms with Crippen molar-refractivity contribution < 1.29 is 10.0 Å². The highest BCUT2D eigenvalue weighted by Crippen LogP contribution is 2.04. The predicted molar refractivity (Wildman–Crippen MR) is 59.5 cm³/mol. The molecule has 5 heteroatoms. The molecule has 5 nitrogen and oxygen atoms in total. The van der Waals surface area contributed by atoms with E-state index < -0.39 is 0 Å². The summed E-state index contributed by atoms with van der Waals surface area (Å²) in [6, 6.07) is 1.35. The van der Waals surface area contributed by atoms with E-state index in [1.54, 1.807) is 20.8 Å². The first kappa shape index (κ1) is 12.3. The number of hydrogen-bond acceptors (Lipinski definition) is 3. The van der Waals surface area contributed by atoms with E-state index in [0.29, 0.717) is 23.4 Å². The van der Waals surface area contributed by atoms with Gasteiger partial charge in [0.25, 0.3) is 0 Å². The fourth-order valence-electron chi connectivity index (χ4n) is 1.44. The van der Waals surface area contributed by atoms with Crippen molar-refractivity contribution in [3.63, 3.8) is 0 Å². The second-order valence-electron chi connectivity index (χ2n) is 3.66. The Balaban J connectivity index is 3.01. The van der Waals surface area contributed by atoms with Crippen LogP contribution in [0.4, 0.5) is 0 Å². The van der Waals surface area contributed by atoms with Crippen LogP contribution in [0.2, 0.25) is 0 Å². The van der Waals surface area contributed by atoms with Gasteiger partial charge in [0, 0.05) is 24.6 Å². The highest BCUT2D eigenvalue weighted by molar-refractivity contribution is 5.75. The molecule has 0 atom stereocenters. The van der Waals surface area contributed by atoms with Gasteiger partial charge in [-0.2, -0.15) is 4.73 Å². The molecule has 88 valence electrons. The standard InChI is InChI=1S/C11H16N2O3/c1-4-11(15)12-6-9-8(3)13(16)7(2)5-10(9)14/h5,16H,4,6H2,1-3H3,(H,12,15). The van der Waals surface area contributed by atoms with Gasteiger partial charge in [-0.3, -0.25) is 9.59 Å². The van der Waals surface area contributed by atoms with Crippen molar-refractivity contribution in [2.45, 2.75) is 33.7 Å². The zero-order valence-electron chi connectivity index (χ0n) is 9.70. The van der Waals surface area contributed by atoms with Gasteiger partial charge < -0.3 is 10.5 Å². The van der Waals surface area contributed by atoms with Crippen LogP contribution in [-0.2, 0) is 11.3 Å². The van der Waals surface area contributed by atoms with Crippen molar-refractivity contribution in [2.24, 2.45) is 0 Å². The molecule has 0 aliphatic carbocycles. The molecule has 0 spiro atoms. The smallest absolute Gasteiger partial charge is 0.219 e. The first-order valence-corrected chi connectivity index (χ1v) is 5.15. The van der Waals surface area contributed by atoms with Crippen molar-refractivity contribution in [2.75, 3.05) is 0 Å². The Hall–Kier alpha value is -1.78. The molecule has 1 rings (SSSR count). The van der Waals surface area contributed by atoms with Gasteiger partial charge >= 0.3 is 0 Å². The van der Waals surface area contributed by atoms with E-state index in [9.17, 15) is 14.8 Å². The zero-order valence-corrected chi connectivity index (χ0v) is 9.70. The molecule has 16 heavy (non-hydrogen) atoms. The quantitative estimate of drug-likeness (QED) is 0.743. The van der Waals surface area contributed by atoms with Crippen molar-refractivity contribution >= 4 is 5.91 Å². The number of aromatic nitrogens is 1. The first-order valence-electron chi connectivity index (χ1n) is 5.15. The summed E-state index contributed by atoms with van der Waals surface area (Å²) in [6.45, 7) is 5.17. The Labute approximate surface area is 93.7 Å². The summed E-state index contributed by atoms with van der Waals surface area (Å²) in [5, 5.41) is 12.2. The molecule has 0 aromatic carbocycles. The molecule has 1 amide bonds. The molecular formula is C11H16N2O3. The maximum absolute atomic E-state index is 11.6. The Morgan fingerprint density at radius 2 is 2.12 bits per heavy atom. The second-order valence-corrected chi connectivity index (χ2v) is 3.66. The van der Waals surface area contributed by atoms with Crippen molar-refractivity contribution in [3.05, 3.63) is 33.2 Å². The molecule has 0 aliphatic rings. The molecule has 1 heterocycles. The molecule has 0 radical (unpaired) electrons. The van der Waals surface area contributed by atoms with Gasteiger partial charge in [-0.1, -0.05) is 6.92 Å². The number of pyridine rings is 1. The van der Waals surface area contributed by atoms with Crippen molar-refractivity contribution in [1.82, 2.24) is 10.0 Å². The molecule has 0 fully saturated rings. The average Bonchev–Trinajstić information content (AvgIpc) is 2.25. The minimum absolute atomic E-state index is 0.121. The maximum Gasteiger partial charge on any atom is 0.219 e. The maximum atomic E-state index is 11.6. The number of amides is 1. The zero-order chi connectivity index (χ0) is 12.3. The van der Waals surface area contributed by atoms with Crippen molar-refractivity contribution in [1.29, 1.82) is 0 Å². The third-order valence-corrected chi connectivity index (χ3v) is 2.51. The second kappa shape index (κ2) is 4.83. The summed E-state index contributed by atoms with van der Waals surface area (Å²) in [6.07, 6.45) is 0.373. The fraction of sp³-hybridized carbons (Fsp3) is 0.455. The van der Waals surface area contributed by atoms with E-state index in [-0.39, 0.29) is 17.9 Å². The Bertz CT molecular complexity index is 463. The monoisotopic (exact) mass is 224 g/mol. The Morgan fingerprint density at radius 1 is 1.50 bits per heavy atom. The topological polar surface area (TPSA) is 71.3 Å². The summed E-state index contributed by atoms with van der Waals surface area (Å²) in [4.78, 5) is 22.7. The number of carbonyl (C=O) groups excluding carboxylic acids is 1. The van der Waals surface area contributed by atoms with Gasteiger partial charge in [0.1, 0.15) is 0 Å². The van der Waals surface area contributed by atoms with E-state index in [2.05, 4.69) is 5.32 Å². The van der Waals surface area contributed by atoms with Gasteiger partial charge in [-0.15, -0.1) is 0 Å². The molecule has 0 unspecified atom stereocenters. The highest BCUT2D eigenvalue weighted by Gasteiger charge is 2.10. The normalized spacial score (nSPS) is 10.2. The lowest BCUT2D eigenvalue weighted by Gasteiger charge is -2.11. The van der Waals surface area contributed by atoms with Gasteiger partial charge in [-0.25, -0.2) is 0 Å². The number of nitrogens with zero attached hydrogens (tertiary/aromatic N) is 1. The summed E-state index contributed by atoms with van der Waals surface area (Å²) >= 11 is 0. The SMILES string of the molecule is CCC(=O)NCc1c(C)n(O)c(C)cc1=O. The molecule has 2 N–H and O–H groups in total. The molecule has 0 saturated heterocycles. The van der Waals surface area contributed by atoms with Crippen LogP contribution in [0.25, 0.3) is 0 Å². The van der Waals surface area contributed by atoms with Crippen LogP contribution in [0.15, 0.2) is 10.9 Å². The van der Waals surface area contributed by atoms with Gasteiger partial charge in [-0.05, 0) is 13.8 Å². The number of hydrogen-bond donors (Lipinski definition) is 2. The number of carbonyl (C=O) groups is 1. The van der Waals surface area contributed by atoms with Gasteiger partial charge in [0.15, 0.2) is 5.43 Å². The van der Waals surface area contributed by atoms with Crippen LogP contribution in [0.3, 0.4) is 0 Å². The summed E-state index contributed by atoms with van der Waals surface area (Å²) in [5.74, 6) is -0.121. The lowest BCUT2D eigenvalue weighted by molar-refractivity contribution is -0.120. The molecule has 0 bridgehead atoms. The lowest BCUT2D eigenvalue weighted by atomic mass is 10.1. The average molecular weight is 224 g/mol. The third kappa shape index (κ3) is 2.42. The Kier molecular flexibility index (Phi) is 3.71. The predicted octanol–water partition coefficient (Wildman–Crippen LogP) is 0.729. The van der Waals surface area contributed by atoms with E-state index in [0.717, 1.165) is 4.73 Å². The van der Waals surface area contributed by atoms with E-state index >= 15 is 0 Å². The number of nitrogens with one attached hydrogen (secondary N) is 1. The minimum Gasteiger partial charge on any atom is -0.428 e. The summed E-state index contributed by atoms with van der Waals surface area (Å²) in [7, 11) is 0. The number of aryl methyl sites for hydroxylation is 1. The Morgan fingerprint density at radius 3 is 2.69 bits per heavy atom. The van der Waals surface area contributed by atoms with E-state index in [4.69, 9.17) is 0 Å². The largest absolute Gasteiger partial charge is 0.428 e. The molecular weight excluding hydrogens is 208 g/mol. The van der Waals surface area contributed by atoms with E-state index in [1.807, 2.05) is 0 Å². The van der Waals surface area contributed by atoms with Crippen LogP contribution < -0.4 is 10.7 Å². The van der Waals surface area contributed by atoms with Crippen LogP contribution in [0.5, 0.6) is 0 Å². The third-order valence-electron chi connectivity index (χ3n) is 2.51. The summed E-state index contributed by atoms with van der Waals surface area (Å²) < 4.78 is 0.953. The van der Waals surface area contributed by atoms with Crippen LogP contribution in [0, 0.1) is 13.8 Å². The van der Waals surface area contributed by atoms with Gasteiger partial charge in [0.05, 0.1) is 11.4 Å². The first-order chi connectivity index (χ1) is 7.47. The molecule has 1 aromatic rings. The van der Waals surface area contributed by atoms with Crippen LogP contribution in [-0.4, -0.2) is 15.8 Å². The summed E-state index contributed by atoms with van der Waals surface area (Å²) in [5.41, 5.74) is 1.18. The lowest BCUT2D eigenvalue weighted by Crippen LogP contribution is -2.27. The van der Waals surface area contributed by atoms with Crippen LogP contribution >= 0.6 is 0 Å². The molecule has 0 saturated carbocycles. The van der Waals surface area contributed by atoms with Gasteiger partial charge in [0.2, 0.25) is 5.91 Å². The minimum atomic E-state index is -0.170.